The molecule has 3 rings (SSSR count). The number of carbonyl (C=O) groups excluding carboxylic acids is 1. The first kappa shape index (κ1) is 17.8. The summed E-state index contributed by atoms with van der Waals surface area (Å²) in [7, 11) is 0. The van der Waals surface area contributed by atoms with E-state index < -0.39 is 11.7 Å². The van der Waals surface area contributed by atoms with Crippen LogP contribution in [0.25, 0.3) is 17.3 Å². The van der Waals surface area contributed by atoms with Gasteiger partial charge in [0.1, 0.15) is 5.82 Å². The average molecular weight is 438 g/mol. The highest BCUT2D eigenvalue weighted by atomic mass is 79.9. The van der Waals surface area contributed by atoms with Crippen LogP contribution in [0.5, 0.6) is 0 Å². The van der Waals surface area contributed by atoms with Crippen molar-refractivity contribution >= 4 is 56.0 Å². The van der Waals surface area contributed by atoms with E-state index in [0.29, 0.717) is 5.13 Å². The lowest BCUT2D eigenvalue weighted by Gasteiger charge is -2.00. The van der Waals surface area contributed by atoms with E-state index >= 15 is 0 Å². The van der Waals surface area contributed by atoms with Crippen molar-refractivity contribution < 1.29 is 9.18 Å². The van der Waals surface area contributed by atoms with Crippen LogP contribution in [-0.4, -0.2) is 10.9 Å². The van der Waals surface area contributed by atoms with Gasteiger partial charge in [0.15, 0.2) is 5.13 Å². The molecule has 0 atom stereocenters. The van der Waals surface area contributed by atoms with Crippen LogP contribution < -0.4 is 5.32 Å². The molecule has 1 heterocycles. The third-order valence-corrected chi connectivity index (χ3v) is 4.89. The Morgan fingerprint density at radius 1 is 1.24 bits per heavy atom. The summed E-state index contributed by atoms with van der Waals surface area (Å²) in [5, 5.41) is 5.23. The van der Waals surface area contributed by atoms with Crippen LogP contribution in [0.15, 0.2) is 58.4 Å². The molecule has 1 amide bonds. The SMILES string of the molecule is O=C(C=Cc1c(F)cccc1Cl)Nc1nc(-c2ccc(Br)cc2)cs1. The van der Waals surface area contributed by atoms with E-state index in [4.69, 9.17) is 11.6 Å². The second-order valence-electron chi connectivity index (χ2n) is 5.00. The van der Waals surface area contributed by atoms with E-state index in [1.807, 2.05) is 29.6 Å². The van der Waals surface area contributed by atoms with E-state index in [1.165, 1.54) is 35.6 Å². The number of nitrogens with one attached hydrogen (secondary N) is 1. The fraction of sp³-hybridized carbons (Fsp3) is 0. The minimum Gasteiger partial charge on any atom is -0.298 e. The Kier molecular flexibility index (Phi) is 5.63. The molecule has 0 radical (unpaired) electrons. The van der Waals surface area contributed by atoms with Crippen molar-refractivity contribution in [2.45, 2.75) is 0 Å². The molecule has 3 nitrogen and oxygen atoms in total. The van der Waals surface area contributed by atoms with Crippen LogP contribution in [0.4, 0.5) is 9.52 Å². The van der Waals surface area contributed by atoms with E-state index in [2.05, 4.69) is 26.2 Å². The number of thiazole rings is 1. The van der Waals surface area contributed by atoms with Crippen molar-refractivity contribution in [2.75, 3.05) is 5.32 Å². The molecule has 0 spiro atoms. The predicted octanol–water partition coefficient (Wildman–Crippen LogP) is 6.02. The predicted molar refractivity (Wildman–Crippen MR) is 104 cm³/mol. The van der Waals surface area contributed by atoms with Crippen LogP contribution in [0.1, 0.15) is 5.56 Å². The zero-order chi connectivity index (χ0) is 17.8. The molecule has 0 saturated carbocycles. The molecule has 0 aliphatic carbocycles. The number of hydrogen-bond donors (Lipinski definition) is 1. The van der Waals surface area contributed by atoms with E-state index in [1.54, 1.807) is 6.07 Å². The molecule has 7 heteroatoms. The molecule has 2 aromatic carbocycles. The maximum absolute atomic E-state index is 13.7. The van der Waals surface area contributed by atoms with Gasteiger partial charge in [-0.1, -0.05) is 45.7 Å². The normalized spacial score (nSPS) is 11.0. The quantitative estimate of drug-likeness (QED) is 0.507. The van der Waals surface area contributed by atoms with Gasteiger partial charge in [-0.3, -0.25) is 10.1 Å². The molecule has 0 fully saturated rings. The highest BCUT2D eigenvalue weighted by Crippen LogP contribution is 2.26. The molecule has 1 N–H and O–H groups in total. The van der Waals surface area contributed by atoms with Gasteiger partial charge < -0.3 is 0 Å². The van der Waals surface area contributed by atoms with Crippen LogP contribution in [0.3, 0.4) is 0 Å². The number of nitrogens with zero attached hydrogens (tertiary/aromatic N) is 1. The lowest BCUT2D eigenvalue weighted by atomic mass is 10.2. The fourth-order valence-electron chi connectivity index (χ4n) is 2.06. The number of amides is 1. The fourth-order valence-corrected chi connectivity index (χ4v) is 3.27. The Balaban J connectivity index is 1.69. The van der Waals surface area contributed by atoms with Crippen molar-refractivity contribution in [3.63, 3.8) is 0 Å². The van der Waals surface area contributed by atoms with Gasteiger partial charge in [-0.15, -0.1) is 11.3 Å². The Labute approximate surface area is 161 Å². The summed E-state index contributed by atoms with van der Waals surface area (Å²) < 4.78 is 14.6. The number of halogens is 3. The highest BCUT2D eigenvalue weighted by Gasteiger charge is 2.08. The molecule has 0 unspecified atom stereocenters. The Morgan fingerprint density at radius 2 is 2.00 bits per heavy atom. The first-order valence-electron chi connectivity index (χ1n) is 7.17. The number of carbonyl (C=O) groups is 1. The van der Waals surface area contributed by atoms with Crippen LogP contribution >= 0.6 is 38.9 Å². The van der Waals surface area contributed by atoms with E-state index in [0.717, 1.165) is 15.7 Å². The van der Waals surface area contributed by atoms with Crippen molar-refractivity contribution in [3.8, 4) is 11.3 Å². The maximum atomic E-state index is 13.7. The average Bonchev–Trinajstić information content (AvgIpc) is 3.03. The van der Waals surface area contributed by atoms with Crippen LogP contribution in [0.2, 0.25) is 5.02 Å². The minimum atomic E-state index is -0.483. The van der Waals surface area contributed by atoms with E-state index in [9.17, 15) is 9.18 Å². The first-order valence-corrected chi connectivity index (χ1v) is 9.22. The van der Waals surface area contributed by atoms with Crippen molar-refractivity contribution in [1.29, 1.82) is 0 Å². The van der Waals surface area contributed by atoms with Gasteiger partial charge in [-0.25, -0.2) is 9.37 Å². The molecule has 3 aromatic rings. The largest absolute Gasteiger partial charge is 0.298 e. The molecule has 25 heavy (non-hydrogen) atoms. The number of hydrogen-bond acceptors (Lipinski definition) is 3. The van der Waals surface area contributed by atoms with Gasteiger partial charge in [0, 0.05) is 27.1 Å². The summed E-state index contributed by atoms with van der Waals surface area (Å²) in [5.74, 6) is -0.889. The zero-order valence-corrected chi connectivity index (χ0v) is 15.8. The number of aromatic nitrogens is 1. The molecule has 0 bridgehead atoms. The van der Waals surface area contributed by atoms with Gasteiger partial charge >= 0.3 is 0 Å². The van der Waals surface area contributed by atoms with Crippen LogP contribution in [-0.2, 0) is 4.79 Å². The molecule has 126 valence electrons. The topological polar surface area (TPSA) is 42.0 Å². The number of benzene rings is 2. The molecular weight excluding hydrogens is 427 g/mol. The Morgan fingerprint density at radius 3 is 2.72 bits per heavy atom. The molecule has 0 aliphatic rings. The number of anilines is 1. The first-order chi connectivity index (χ1) is 12.0. The van der Waals surface area contributed by atoms with Crippen LogP contribution in [0, 0.1) is 5.82 Å². The number of rotatable bonds is 4. The smallest absolute Gasteiger partial charge is 0.250 e. The van der Waals surface area contributed by atoms with Gasteiger partial charge in [-0.05, 0) is 30.3 Å². The third-order valence-electron chi connectivity index (χ3n) is 3.28. The van der Waals surface area contributed by atoms with Gasteiger partial charge in [0.2, 0.25) is 5.91 Å². The standard InChI is InChI=1S/C18H11BrClFN2OS/c19-12-6-4-11(5-7-12)16-10-25-18(22-16)23-17(24)9-8-13-14(20)2-1-3-15(13)21/h1-10H,(H,22,23,24). The van der Waals surface area contributed by atoms with Crippen molar-refractivity contribution in [1.82, 2.24) is 4.98 Å². The van der Waals surface area contributed by atoms with Gasteiger partial charge in [0.25, 0.3) is 0 Å². The summed E-state index contributed by atoms with van der Waals surface area (Å²) in [6.45, 7) is 0. The second-order valence-corrected chi connectivity index (χ2v) is 7.18. The third kappa shape index (κ3) is 4.54. The molecule has 1 aromatic heterocycles. The lowest BCUT2D eigenvalue weighted by molar-refractivity contribution is -0.111. The van der Waals surface area contributed by atoms with Gasteiger partial charge in [0.05, 0.1) is 10.7 Å². The lowest BCUT2D eigenvalue weighted by Crippen LogP contribution is -2.07. The summed E-state index contributed by atoms with van der Waals surface area (Å²) in [5.41, 5.74) is 1.90. The molecule has 0 aliphatic heterocycles. The highest BCUT2D eigenvalue weighted by molar-refractivity contribution is 9.10. The molecule has 0 saturated heterocycles. The summed E-state index contributed by atoms with van der Waals surface area (Å²) in [6, 6.07) is 12.1. The van der Waals surface area contributed by atoms with Gasteiger partial charge in [-0.2, -0.15) is 0 Å². The zero-order valence-electron chi connectivity index (χ0n) is 12.7. The summed E-state index contributed by atoms with van der Waals surface area (Å²) >= 11 is 10.6. The van der Waals surface area contributed by atoms with Crippen molar-refractivity contribution in [3.05, 3.63) is 74.8 Å². The summed E-state index contributed by atoms with van der Waals surface area (Å²) in [4.78, 5) is 16.4. The van der Waals surface area contributed by atoms with Crippen molar-refractivity contribution in [2.24, 2.45) is 0 Å². The summed E-state index contributed by atoms with van der Waals surface area (Å²) in [6.07, 6.45) is 2.57. The maximum Gasteiger partial charge on any atom is 0.250 e. The monoisotopic (exact) mass is 436 g/mol. The van der Waals surface area contributed by atoms with E-state index in [-0.39, 0.29) is 10.6 Å². The minimum absolute atomic E-state index is 0.175. The second kappa shape index (κ2) is 7.91. The Hall–Kier alpha value is -2.02. The molecular formula is C18H11BrClFN2OS. The Bertz CT molecular complexity index is 920.